The summed E-state index contributed by atoms with van der Waals surface area (Å²) in [4.78, 5) is 40.2. The predicted molar refractivity (Wildman–Crippen MR) is 157 cm³/mol. The number of hydrogen-bond donors (Lipinski definition) is 1. The van der Waals surface area contributed by atoms with Crippen molar-refractivity contribution in [3.63, 3.8) is 0 Å². The summed E-state index contributed by atoms with van der Waals surface area (Å²) in [6.45, 7) is 9.60. The van der Waals surface area contributed by atoms with Crippen molar-refractivity contribution in [3.8, 4) is 22.6 Å². The van der Waals surface area contributed by atoms with Gasteiger partial charge in [-0.15, -0.1) is 11.3 Å². The van der Waals surface area contributed by atoms with Crippen molar-refractivity contribution >= 4 is 40.6 Å². The molecule has 12 nitrogen and oxygen atoms in total. The van der Waals surface area contributed by atoms with Crippen LogP contribution in [-0.2, 0) is 11.3 Å². The number of anilines is 2. The summed E-state index contributed by atoms with van der Waals surface area (Å²) in [5.74, 6) is 2.16. The van der Waals surface area contributed by atoms with Crippen LogP contribution in [0, 0.1) is 20.8 Å². The molecule has 1 aliphatic heterocycles. The van der Waals surface area contributed by atoms with Crippen LogP contribution in [0.5, 0.6) is 11.5 Å². The number of rotatable bonds is 7. The number of amides is 2. The minimum atomic E-state index is -1.11. The number of hydrogen-bond acceptors (Lipinski definition) is 9. The third kappa shape index (κ3) is 5.36. The Morgan fingerprint density at radius 3 is 2.29 bits per heavy atom. The lowest BCUT2D eigenvalue weighted by molar-refractivity contribution is -0.129. The number of benzene rings is 1. The van der Waals surface area contributed by atoms with E-state index in [2.05, 4.69) is 9.88 Å². The van der Waals surface area contributed by atoms with Crippen LogP contribution in [0.2, 0.25) is 0 Å². The number of fused-ring (bicyclic) bond motifs is 1. The molecule has 13 heteroatoms. The summed E-state index contributed by atoms with van der Waals surface area (Å²) in [6, 6.07) is 7.35. The van der Waals surface area contributed by atoms with Crippen molar-refractivity contribution in [3.05, 3.63) is 45.5 Å². The number of aryl methyl sites for hydroxylation is 3. The topological polar surface area (TPSA) is 126 Å². The molecule has 41 heavy (non-hydrogen) atoms. The summed E-state index contributed by atoms with van der Waals surface area (Å²) < 4.78 is 12.6. The summed E-state index contributed by atoms with van der Waals surface area (Å²) in [7, 11) is 3.16. The minimum Gasteiger partial charge on any atom is -0.493 e. The van der Waals surface area contributed by atoms with Crippen LogP contribution in [0.1, 0.15) is 28.2 Å². The molecule has 5 rings (SSSR count). The van der Waals surface area contributed by atoms with Gasteiger partial charge in [0.25, 0.3) is 0 Å². The van der Waals surface area contributed by atoms with Gasteiger partial charge in [-0.05, 0) is 38.5 Å². The van der Waals surface area contributed by atoms with Crippen LogP contribution in [0.25, 0.3) is 16.8 Å². The number of piperazine rings is 1. The Kier molecular flexibility index (Phi) is 7.72. The smallest absolute Gasteiger partial charge is 0.413 e. The Balaban J connectivity index is 1.69. The standard InChI is InChI=1S/C28H33N7O5S/c1-16-23(41-18(3)29-16)15-34(28(37)38)25-14-24(33-11-9-32(10-12-33)19(4)36)30-27-26(17(2)31-35(25)27)20-7-8-21(39-5)22(13-20)40-6/h7-8,13-14H,9-12,15H2,1-6H3,(H,37,38). The molecule has 1 N–H and O–H groups in total. The highest BCUT2D eigenvalue weighted by Crippen LogP contribution is 2.37. The van der Waals surface area contributed by atoms with E-state index < -0.39 is 6.09 Å². The van der Waals surface area contributed by atoms with Crippen molar-refractivity contribution in [2.45, 2.75) is 34.2 Å². The first-order valence-corrected chi connectivity index (χ1v) is 14.0. The summed E-state index contributed by atoms with van der Waals surface area (Å²) >= 11 is 1.47. The summed E-state index contributed by atoms with van der Waals surface area (Å²) in [5, 5.41) is 16.1. The van der Waals surface area contributed by atoms with E-state index >= 15 is 0 Å². The van der Waals surface area contributed by atoms with E-state index in [0.717, 1.165) is 26.7 Å². The highest BCUT2D eigenvalue weighted by Gasteiger charge is 2.28. The SMILES string of the molecule is COc1ccc(-c2c(C)nn3c(N(Cc4sc(C)nc4C)C(=O)O)cc(N4CCN(C(C)=O)CC4)nc23)cc1OC. The maximum atomic E-state index is 12.7. The Morgan fingerprint density at radius 2 is 1.71 bits per heavy atom. The average Bonchev–Trinajstić information content (AvgIpc) is 3.46. The fraction of sp³-hybridized carbons (Fsp3) is 0.393. The minimum absolute atomic E-state index is 0.0307. The van der Waals surface area contributed by atoms with Gasteiger partial charge >= 0.3 is 6.09 Å². The molecule has 0 unspecified atom stereocenters. The Hall–Kier alpha value is -4.39. The van der Waals surface area contributed by atoms with Gasteiger partial charge in [0.1, 0.15) is 11.6 Å². The van der Waals surface area contributed by atoms with Crippen molar-refractivity contribution in [1.82, 2.24) is 24.5 Å². The van der Waals surface area contributed by atoms with Gasteiger partial charge in [-0.25, -0.2) is 14.8 Å². The second-order valence-electron chi connectivity index (χ2n) is 9.84. The summed E-state index contributed by atoms with van der Waals surface area (Å²) in [6.07, 6.45) is -1.11. The molecule has 4 aromatic rings. The molecule has 1 aliphatic rings. The zero-order chi connectivity index (χ0) is 29.4. The highest BCUT2D eigenvalue weighted by molar-refractivity contribution is 7.11. The molecule has 0 radical (unpaired) electrons. The second kappa shape index (κ2) is 11.2. The number of ether oxygens (including phenoxy) is 2. The molecular formula is C28H33N7O5S. The van der Waals surface area contributed by atoms with E-state index in [4.69, 9.17) is 19.6 Å². The van der Waals surface area contributed by atoms with Gasteiger partial charge < -0.3 is 24.4 Å². The largest absolute Gasteiger partial charge is 0.493 e. The number of carboxylic acid groups (broad SMARTS) is 1. The maximum absolute atomic E-state index is 12.7. The van der Waals surface area contributed by atoms with Crippen molar-refractivity contribution < 1.29 is 24.2 Å². The number of aromatic nitrogens is 4. The molecule has 0 bridgehead atoms. The van der Waals surface area contributed by atoms with Gasteiger partial charge in [0, 0.05) is 49.6 Å². The van der Waals surface area contributed by atoms with Crippen molar-refractivity contribution in [2.75, 3.05) is 50.2 Å². The highest BCUT2D eigenvalue weighted by atomic mass is 32.1. The first kappa shape index (κ1) is 28.1. The van der Waals surface area contributed by atoms with E-state index in [1.165, 1.54) is 16.2 Å². The second-order valence-corrected chi connectivity index (χ2v) is 11.1. The number of carbonyl (C=O) groups is 2. The van der Waals surface area contributed by atoms with E-state index in [0.29, 0.717) is 60.7 Å². The molecule has 4 heterocycles. The lowest BCUT2D eigenvalue weighted by Crippen LogP contribution is -2.48. The fourth-order valence-corrected chi connectivity index (χ4v) is 6.07. The van der Waals surface area contributed by atoms with Crippen molar-refractivity contribution in [2.24, 2.45) is 0 Å². The zero-order valence-corrected chi connectivity index (χ0v) is 24.8. The molecule has 0 spiro atoms. The Labute approximate surface area is 241 Å². The van der Waals surface area contributed by atoms with Crippen LogP contribution in [0.4, 0.5) is 16.4 Å². The first-order valence-electron chi connectivity index (χ1n) is 13.2. The summed E-state index contributed by atoms with van der Waals surface area (Å²) in [5.41, 5.74) is 3.56. The first-order chi connectivity index (χ1) is 19.6. The van der Waals surface area contributed by atoms with Crippen LogP contribution in [-0.4, -0.2) is 82.0 Å². The van der Waals surface area contributed by atoms with Gasteiger partial charge in [0.2, 0.25) is 5.91 Å². The van der Waals surface area contributed by atoms with Crippen molar-refractivity contribution in [1.29, 1.82) is 0 Å². The Bertz CT molecular complexity index is 1620. The number of thiazole rings is 1. The molecule has 2 amide bonds. The molecule has 216 valence electrons. The lowest BCUT2D eigenvalue weighted by Gasteiger charge is -2.35. The number of nitrogens with zero attached hydrogens (tertiary/aromatic N) is 7. The molecule has 3 aromatic heterocycles. The molecule has 0 aliphatic carbocycles. The molecule has 0 saturated carbocycles. The fourth-order valence-electron chi connectivity index (χ4n) is 5.14. The van der Waals surface area contributed by atoms with E-state index in [-0.39, 0.29) is 12.5 Å². The van der Waals surface area contributed by atoms with E-state index in [9.17, 15) is 14.7 Å². The quantitative estimate of drug-likeness (QED) is 0.344. The van der Waals surface area contributed by atoms with Crippen LogP contribution in [0.3, 0.4) is 0 Å². The number of methoxy groups -OCH3 is 2. The van der Waals surface area contributed by atoms with Crippen LogP contribution < -0.4 is 19.3 Å². The predicted octanol–water partition coefficient (Wildman–Crippen LogP) is 4.15. The molecule has 1 fully saturated rings. The third-order valence-corrected chi connectivity index (χ3v) is 8.32. The lowest BCUT2D eigenvalue weighted by atomic mass is 10.1. The third-order valence-electron chi connectivity index (χ3n) is 7.26. The van der Waals surface area contributed by atoms with E-state index in [1.807, 2.05) is 39.0 Å². The van der Waals surface area contributed by atoms with Crippen LogP contribution in [0.15, 0.2) is 24.3 Å². The maximum Gasteiger partial charge on any atom is 0.413 e. The van der Waals surface area contributed by atoms with Gasteiger partial charge in [-0.2, -0.15) is 9.61 Å². The molecule has 1 aromatic carbocycles. The van der Waals surface area contributed by atoms with Gasteiger partial charge in [0.15, 0.2) is 17.1 Å². The average molecular weight is 580 g/mol. The molecule has 0 atom stereocenters. The normalized spacial score (nSPS) is 13.5. The van der Waals surface area contributed by atoms with Gasteiger partial charge in [-0.3, -0.25) is 9.69 Å². The number of carbonyl (C=O) groups excluding carboxylic acids is 1. The zero-order valence-electron chi connectivity index (χ0n) is 24.0. The molecular weight excluding hydrogens is 546 g/mol. The monoisotopic (exact) mass is 579 g/mol. The van der Waals surface area contributed by atoms with E-state index in [1.54, 1.807) is 36.6 Å². The molecule has 1 saturated heterocycles. The van der Waals surface area contributed by atoms with Gasteiger partial charge in [0.05, 0.1) is 37.2 Å². The van der Waals surface area contributed by atoms with Crippen LogP contribution >= 0.6 is 11.3 Å². The van der Waals surface area contributed by atoms with Gasteiger partial charge in [-0.1, -0.05) is 6.07 Å². The Morgan fingerprint density at radius 1 is 1.00 bits per heavy atom.